The predicted molar refractivity (Wildman–Crippen MR) is 70.1 cm³/mol. The number of hydrogen-bond donors (Lipinski definition) is 0. The van der Waals surface area contributed by atoms with Gasteiger partial charge in [0, 0.05) is 17.6 Å². The summed E-state index contributed by atoms with van der Waals surface area (Å²) in [4.78, 5) is 0. The number of aromatic nitrogens is 2. The van der Waals surface area contributed by atoms with Gasteiger partial charge in [-0.2, -0.15) is 5.10 Å². The number of aryl methyl sites for hydroxylation is 2. The fraction of sp³-hybridized carbons (Fsp3) is 0.769. The van der Waals surface area contributed by atoms with Gasteiger partial charge >= 0.3 is 0 Å². The topological polar surface area (TPSA) is 17.8 Å². The van der Waals surface area contributed by atoms with Crippen LogP contribution in [0.3, 0.4) is 0 Å². The van der Waals surface area contributed by atoms with Crippen LogP contribution in [0.5, 0.6) is 0 Å². The molecule has 0 aromatic carbocycles. The van der Waals surface area contributed by atoms with Crippen molar-refractivity contribution in [1.29, 1.82) is 0 Å². The third-order valence-electron chi connectivity index (χ3n) is 3.11. The van der Waals surface area contributed by atoms with Gasteiger partial charge in [0.25, 0.3) is 0 Å². The van der Waals surface area contributed by atoms with Crippen LogP contribution in [0.2, 0.25) is 0 Å². The highest BCUT2D eigenvalue weighted by atomic mass is 35.5. The Hall–Kier alpha value is -0.500. The lowest BCUT2D eigenvalue weighted by Crippen LogP contribution is -2.15. The molecule has 0 saturated carbocycles. The molecule has 16 heavy (non-hydrogen) atoms. The summed E-state index contributed by atoms with van der Waals surface area (Å²) < 4.78 is 2.11. The second-order valence-electron chi connectivity index (χ2n) is 4.40. The average molecular weight is 243 g/mol. The van der Waals surface area contributed by atoms with Gasteiger partial charge < -0.3 is 0 Å². The van der Waals surface area contributed by atoms with Crippen molar-refractivity contribution in [2.75, 3.05) is 0 Å². The van der Waals surface area contributed by atoms with E-state index in [4.69, 9.17) is 11.6 Å². The van der Waals surface area contributed by atoms with Crippen LogP contribution >= 0.6 is 11.6 Å². The Kier molecular flexibility index (Phi) is 5.33. The lowest BCUT2D eigenvalue weighted by Gasteiger charge is -2.16. The first-order valence-corrected chi connectivity index (χ1v) is 6.75. The quantitative estimate of drug-likeness (QED) is 0.697. The van der Waals surface area contributed by atoms with E-state index in [9.17, 15) is 0 Å². The Labute approximate surface area is 104 Å². The number of alkyl halides is 1. The largest absolute Gasteiger partial charge is 0.270 e. The highest BCUT2D eigenvalue weighted by Crippen LogP contribution is 2.19. The molecule has 1 aromatic rings. The van der Waals surface area contributed by atoms with E-state index in [1.165, 1.54) is 11.4 Å². The lowest BCUT2D eigenvalue weighted by atomic mass is 9.99. The summed E-state index contributed by atoms with van der Waals surface area (Å²) in [6.07, 6.45) is 3.07. The van der Waals surface area contributed by atoms with Crippen LogP contribution in [0.1, 0.15) is 45.5 Å². The molecule has 92 valence electrons. The summed E-state index contributed by atoms with van der Waals surface area (Å²) in [5.74, 6) is 0.512. The Morgan fingerprint density at radius 3 is 2.56 bits per heavy atom. The van der Waals surface area contributed by atoms with Gasteiger partial charge in [-0.25, -0.2) is 0 Å². The molecular weight excluding hydrogens is 220 g/mol. The molecule has 0 spiro atoms. The van der Waals surface area contributed by atoms with E-state index in [-0.39, 0.29) is 5.38 Å². The molecule has 0 amide bonds. The fourth-order valence-electron chi connectivity index (χ4n) is 1.99. The van der Waals surface area contributed by atoms with Crippen LogP contribution in [0.25, 0.3) is 0 Å². The molecule has 2 atom stereocenters. The average Bonchev–Trinajstić information content (AvgIpc) is 2.70. The lowest BCUT2D eigenvalue weighted by molar-refractivity contribution is 0.499. The first kappa shape index (κ1) is 13.6. The molecule has 0 fully saturated rings. The van der Waals surface area contributed by atoms with Crippen molar-refractivity contribution in [3.8, 4) is 0 Å². The number of hydrogen-bond acceptors (Lipinski definition) is 1. The standard InChI is InChI=1S/C13H23ClN2/c1-5-11-9-12(16(7-3)15-11)8-10(4)13(14)6-2/h9-10,13H,5-8H2,1-4H3. The van der Waals surface area contributed by atoms with Gasteiger partial charge in [0.1, 0.15) is 0 Å². The second-order valence-corrected chi connectivity index (χ2v) is 4.96. The molecule has 1 aromatic heterocycles. The second kappa shape index (κ2) is 6.29. The third kappa shape index (κ3) is 3.24. The molecule has 0 radical (unpaired) electrons. The van der Waals surface area contributed by atoms with Gasteiger partial charge in [0.05, 0.1) is 5.69 Å². The molecule has 1 heterocycles. The van der Waals surface area contributed by atoms with Gasteiger partial charge in [0.2, 0.25) is 0 Å². The van der Waals surface area contributed by atoms with Crippen molar-refractivity contribution in [3.05, 3.63) is 17.5 Å². The zero-order valence-corrected chi connectivity index (χ0v) is 11.6. The van der Waals surface area contributed by atoms with Gasteiger partial charge in [-0.05, 0) is 38.2 Å². The van der Waals surface area contributed by atoms with Crippen molar-refractivity contribution in [3.63, 3.8) is 0 Å². The Balaban J connectivity index is 2.75. The Morgan fingerprint density at radius 2 is 2.06 bits per heavy atom. The van der Waals surface area contributed by atoms with Crippen LogP contribution < -0.4 is 0 Å². The molecule has 0 N–H and O–H groups in total. The zero-order chi connectivity index (χ0) is 12.1. The van der Waals surface area contributed by atoms with Crippen molar-refractivity contribution in [2.24, 2.45) is 5.92 Å². The summed E-state index contributed by atoms with van der Waals surface area (Å²) in [7, 11) is 0. The van der Waals surface area contributed by atoms with E-state index in [2.05, 4.69) is 43.5 Å². The van der Waals surface area contributed by atoms with Gasteiger partial charge in [0.15, 0.2) is 0 Å². The van der Waals surface area contributed by atoms with Crippen LogP contribution in [0, 0.1) is 5.92 Å². The van der Waals surface area contributed by atoms with Crippen molar-refractivity contribution < 1.29 is 0 Å². The van der Waals surface area contributed by atoms with Gasteiger partial charge in [-0.15, -0.1) is 11.6 Å². The third-order valence-corrected chi connectivity index (χ3v) is 3.85. The summed E-state index contributed by atoms with van der Waals surface area (Å²) in [5.41, 5.74) is 2.51. The molecular formula is C13H23ClN2. The minimum Gasteiger partial charge on any atom is -0.270 e. The molecule has 0 aliphatic heterocycles. The molecule has 0 saturated heterocycles. The highest BCUT2D eigenvalue weighted by molar-refractivity contribution is 6.20. The SMILES string of the molecule is CCc1cc(CC(C)C(Cl)CC)n(CC)n1. The van der Waals surface area contributed by atoms with E-state index in [1.807, 2.05) is 0 Å². The molecule has 1 rings (SSSR count). The monoisotopic (exact) mass is 242 g/mol. The summed E-state index contributed by atoms with van der Waals surface area (Å²) in [6, 6.07) is 2.22. The van der Waals surface area contributed by atoms with E-state index >= 15 is 0 Å². The predicted octanol–water partition coefficient (Wildman–Crippen LogP) is 3.66. The summed E-state index contributed by atoms with van der Waals surface area (Å²) >= 11 is 6.27. The number of halogens is 1. The molecule has 0 aliphatic rings. The van der Waals surface area contributed by atoms with Gasteiger partial charge in [-0.3, -0.25) is 4.68 Å². The minimum absolute atomic E-state index is 0.269. The first-order chi connectivity index (χ1) is 7.62. The molecule has 2 nitrogen and oxygen atoms in total. The summed E-state index contributed by atoms with van der Waals surface area (Å²) in [5, 5.41) is 4.83. The van der Waals surface area contributed by atoms with Crippen LogP contribution in [0.4, 0.5) is 0 Å². The number of nitrogens with zero attached hydrogens (tertiary/aromatic N) is 2. The molecule has 0 aliphatic carbocycles. The van der Waals surface area contributed by atoms with E-state index < -0.39 is 0 Å². The smallest absolute Gasteiger partial charge is 0.0624 e. The van der Waals surface area contributed by atoms with Crippen LogP contribution in [-0.2, 0) is 19.4 Å². The van der Waals surface area contributed by atoms with Crippen LogP contribution in [-0.4, -0.2) is 15.2 Å². The van der Waals surface area contributed by atoms with Gasteiger partial charge in [-0.1, -0.05) is 20.8 Å². The first-order valence-electron chi connectivity index (χ1n) is 6.31. The van der Waals surface area contributed by atoms with Crippen molar-refractivity contribution in [2.45, 2.75) is 58.9 Å². The maximum Gasteiger partial charge on any atom is 0.0624 e. The Bertz CT molecular complexity index is 320. The van der Waals surface area contributed by atoms with Crippen LogP contribution in [0.15, 0.2) is 6.07 Å². The van der Waals surface area contributed by atoms with Crippen molar-refractivity contribution >= 4 is 11.6 Å². The molecule has 3 heteroatoms. The molecule has 0 bridgehead atoms. The van der Waals surface area contributed by atoms with E-state index in [0.717, 1.165) is 25.8 Å². The van der Waals surface area contributed by atoms with E-state index in [0.29, 0.717) is 5.92 Å². The van der Waals surface area contributed by atoms with E-state index in [1.54, 1.807) is 0 Å². The Morgan fingerprint density at radius 1 is 1.38 bits per heavy atom. The highest BCUT2D eigenvalue weighted by Gasteiger charge is 2.15. The number of rotatable bonds is 6. The minimum atomic E-state index is 0.269. The normalized spacial score (nSPS) is 15.1. The fourth-order valence-corrected chi connectivity index (χ4v) is 2.08. The maximum absolute atomic E-state index is 6.27. The van der Waals surface area contributed by atoms with Crippen molar-refractivity contribution in [1.82, 2.24) is 9.78 Å². The maximum atomic E-state index is 6.27. The molecule has 2 unspecified atom stereocenters. The zero-order valence-electron chi connectivity index (χ0n) is 10.8. The summed E-state index contributed by atoms with van der Waals surface area (Å²) in [6.45, 7) is 9.59.